The summed E-state index contributed by atoms with van der Waals surface area (Å²) in [5.41, 5.74) is 7.78. The molecule has 3 rings (SSSR count). The van der Waals surface area contributed by atoms with E-state index in [9.17, 15) is 8.42 Å². The van der Waals surface area contributed by atoms with Crippen LogP contribution in [0.2, 0.25) is 0 Å². The molecule has 2 aromatic carbocycles. The first-order chi connectivity index (χ1) is 10.8. The number of nitrogens with two attached hydrogens (primary N) is 1. The van der Waals surface area contributed by atoms with Gasteiger partial charge in [-0.3, -0.25) is 0 Å². The summed E-state index contributed by atoms with van der Waals surface area (Å²) in [5.74, 6) is -0.482. The Labute approximate surface area is 149 Å². The molecule has 120 valence electrons. The lowest BCUT2D eigenvalue weighted by Crippen LogP contribution is -2.17. The summed E-state index contributed by atoms with van der Waals surface area (Å²) in [6.07, 6.45) is 0. The number of benzene rings is 2. The fourth-order valence-electron chi connectivity index (χ4n) is 2.98. The fraction of sp³-hybridized carbons (Fsp3) is 0.235. The van der Waals surface area contributed by atoms with Crippen molar-refractivity contribution in [1.82, 2.24) is 0 Å². The van der Waals surface area contributed by atoms with Gasteiger partial charge < -0.3 is 5.73 Å². The molecule has 6 heteroatoms. The van der Waals surface area contributed by atoms with Crippen LogP contribution in [0.25, 0.3) is 0 Å². The maximum absolute atomic E-state index is 12.9. The van der Waals surface area contributed by atoms with Crippen molar-refractivity contribution in [1.29, 1.82) is 0 Å². The van der Waals surface area contributed by atoms with E-state index in [-0.39, 0.29) is 16.8 Å². The van der Waals surface area contributed by atoms with Crippen LogP contribution < -0.4 is 5.73 Å². The minimum atomic E-state index is -3.46. The number of aryl methyl sites for hydroxylation is 1. The molecular weight excluding hydrogens is 394 g/mol. The zero-order valence-corrected chi connectivity index (χ0v) is 15.7. The molecule has 23 heavy (non-hydrogen) atoms. The molecule has 2 N–H and O–H groups in total. The zero-order chi connectivity index (χ0) is 16.8. The van der Waals surface area contributed by atoms with Crippen molar-refractivity contribution in [2.45, 2.75) is 23.0 Å². The Morgan fingerprint density at radius 2 is 1.65 bits per heavy atom. The fourth-order valence-corrected chi connectivity index (χ4v) is 5.77. The molecule has 0 heterocycles. The first-order valence-electron chi connectivity index (χ1n) is 7.18. The predicted octanol–water partition coefficient (Wildman–Crippen LogP) is 3.60. The molecule has 0 aliphatic heterocycles. The molecule has 1 saturated carbocycles. The smallest absolute Gasteiger partial charge is 0.182 e. The van der Waals surface area contributed by atoms with E-state index in [4.69, 9.17) is 18.0 Å². The van der Waals surface area contributed by atoms with Crippen LogP contribution >= 0.6 is 28.1 Å². The maximum Gasteiger partial charge on any atom is 0.182 e. The van der Waals surface area contributed by atoms with Crippen molar-refractivity contribution in [3.8, 4) is 0 Å². The average molecular weight is 410 g/mol. The quantitative estimate of drug-likeness (QED) is 0.783. The topological polar surface area (TPSA) is 60.2 Å². The summed E-state index contributed by atoms with van der Waals surface area (Å²) < 4.78 is 26.8. The molecule has 0 spiro atoms. The van der Waals surface area contributed by atoms with Crippen LogP contribution in [0.3, 0.4) is 0 Å². The summed E-state index contributed by atoms with van der Waals surface area (Å²) in [6.45, 7) is 1.93. The highest BCUT2D eigenvalue weighted by atomic mass is 79.9. The Morgan fingerprint density at radius 1 is 1.09 bits per heavy atom. The molecule has 3 nitrogen and oxygen atoms in total. The van der Waals surface area contributed by atoms with Gasteiger partial charge in [-0.05, 0) is 36.8 Å². The third-order valence-electron chi connectivity index (χ3n) is 4.25. The molecule has 0 aromatic heterocycles. The van der Waals surface area contributed by atoms with E-state index in [0.717, 1.165) is 15.6 Å². The minimum Gasteiger partial charge on any atom is -0.393 e. The lowest BCUT2D eigenvalue weighted by atomic mass is 10.1. The molecule has 3 unspecified atom stereocenters. The van der Waals surface area contributed by atoms with Gasteiger partial charge in [0.05, 0.1) is 15.1 Å². The first-order valence-corrected chi connectivity index (χ1v) is 9.92. The van der Waals surface area contributed by atoms with Gasteiger partial charge in [0.15, 0.2) is 9.84 Å². The second-order valence-corrected chi connectivity index (χ2v) is 9.32. The van der Waals surface area contributed by atoms with Crippen LogP contribution in [-0.4, -0.2) is 18.7 Å². The summed E-state index contributed by atoms with van der Waals surface area (Å²) in [4.78, 5) is 0.590. The Balaban J connectivity index is 1.98. The van der Waals surface area contributed by atoms with Crippen LogP contribution in [0, 0.1) is 12.8 Å². The van der Waals surface area contributed by atoms with E-state index in [1.807, 2.05) is 31.2 Å². The highest BCUT2D eigenvalue weighted by Crippen LogP contribution is 2.54. The third-order valence-corrected chi connectivity index (χ3v) is 7.28. The number of thiocarbonyl (C=S) groups is 1. The van der Waals surface area contributed by atoms with Crippen molar-refractivity contribution in [3.05, 3.63) is 64.1 Å². The van der Waals surface area contributed by atoms with Crippen LogP contribution in [0.4, 0.5) is 0 Å². The van der Waals surface area contributed by atoms with Crippen LogP contribution in [-0.2, 0) is 9.84 Å². The first kappa shape index (κ1) is 16.6. The van der Waals surface area contributed by atoms with Gasteiger partial charge in [-0.15, -0.1) is 0 Å². The number of hydrogen-bond acceptors (Lipinski definition) is 3. The van der Waals surface area contributed by atoms with Crippen molar-refractivity contribution in [3.63, 3.8) is 0 Å². The normalized spacial score (nSPS) is 23.5. The molecule has 1 aliphatic carbocycles. The molecular formula is C17H16BrNO2S2. The van der Waals surface area contributed by atoms with Gasteiger partial charge in [-0.2, -0.15) is 0 Å². The number of hydrogen-bond donors (Lipinski definition) is 1. The van der Waals surface area contributed by atoms with E-state index in [0.29, 0.717) is 4.90 Å². The molecule has 0 amide bonds. The number of rotatable bonds is 4. The second kappa shape index (κ2) is 6.00. The SMILES string of the molecule is Cc1ccc(S(=O)(=O)C2C(C(N)=S)C2c2ccc(Br)cc2)cc1. The molecule has 1 aliphatic rings. The molecule has 2 aromatic rings. The highest BCUT2D eigenvalue weighted by Gasteiger charge is 2.60. The van der Waals surface area contributed by atoms with Crippen molar-refractivity contribution in [2.75, 3.05) is 0 Å². The summed E-state index contributed by atoms with van der Waals surface area (Å²) in [6, 6.07) is 14.6. The zero-order valence-electron chi connectivity index (χ0n) is 12.4. The minimum absolute atomic E-state index is 0.174. The van der Waals surface area contributed by atoms with Gasteiger partial charge in [0, 0.05) is 16.3 Å². The Bertz CT molecular complexity index is 845. The van der Waals surface area contributed by atoms with E-state index in [1.54, 1.807) is 24.3 Å². The van der Waals surface area contributed by atoms with Crippen molar-refractivity contribution in [2.24, 2.45) is 11.7 Å². The summed E-state index contributed by atoms with van der Waals surface area (Å²) >= 11 is 8.49. The van der Waals surface area contributed by atoms with E-state index in [2.05, 4.69) is 15.9 Å². The van der Waals surface area contributed by atoms with Gasteiger partial charge in [0.25, 0.3) is 0 Å². The van der Waals surface area contributed by atoms with Gasteiger partial charge in [0.2, 0.25) is 0 Å². The lowest BCUT2D eigenvalue weighted by Gasteiger charge is -2.05. The predicted molar refractivity (Wildman–Crippen MR) is 99.3 cm³/mol. The molecule has 0 radical (unpaired) electrons. The standard InChI is InChI=1S/C17H16BrNO2S2/c1-10-2-8-13(9-3-10)23(20,21)16-14(15(16)17(19)22)11-4-6-12(18)7-5-11/h2-9,14-16H,1H3,(H2,19,22). The second-order valence-electron chi connectivity index (χ2n) is 5.83. The van der Waals surface area contributed by atoms with E-state index >= 15 is 0 Å². The van der Waals surface area contributed by atoms with E-state index in [1.165, 1.54) is 0 Å². The largest absolute Gasteiger partial charge is 0.393 e. The van der Waals surface area contributed by atoms with Gasteiger partial charge in [-0.25, -0.2) is 8.42 Å². The number of halogens is 1. The maximum atomic E-state index is 12.9. The summed E-state index contributed by atoms with van der Waals surface area (Å²) in [7, 11) is -3.46. The van der Waals surface area contributed by atoms with Crippen molar-refractivity contribution < 1.29 is 8.42 Å². The monoisotopic (exact) mass is 409 g/mol. The summed E-state index contributed by atoms with van der Waals surface area (Å²) in [5, 5.41) is -0.580. The Hall–Kier alpha value is -1.24. The van der Waals surface area contributed by atoms with Crippen LogP contribution in [0.5, 0.6) is 0 Å². The lowest BCUT2D eigenvalue weighted by molar-refractivity contribution is 0.593. The van der Waals surface area contributed by atoms with Crippen molar-refractivity contribution >= 4 is 43.0 Å². The molecule has 1 fully saturated rings. The highest BCUT2D eigenvalue weighted by molar-refractivity contribution is 9.10. The Kier molecular flexibility index (Phi) is 4.33. The molecule has 0 bridgehead atoms. The Morgan fingerprint density at radius 3 is 2.17 bits per heavy atom. The van der Waals surface area contributed by atoms with Crippen LogP contribution in [0.1, 0.15) is 17.0 Å². The number of sulfone groups is 1. The third kappa shape index (κ3) is 3.07. The average Bonchev–Trinajstić information content (AvgIpc) is 3.25. The van der Waals surface area contributed by atoms with Gasteiger partial charge in [0.1, 0.15) is 0 Å². The van der Waals surface area contributed by atoms with Crippen LogP contribution in [0.15, 0.2) is 57.9 Å². The molecule has 3 atom stereocenters. The van der Waals surface area contributed by atoms with E-state index < -0.39 is 15.1 Å². The van der Waals surface area contributed by atoms with Gasteiger partial charge >= 0.3 is 0 Å². The molecule has 0 saturated heterocycles. The van der Waals surface area contributed by atoms with Gasteiger partial charge in [-0.1, -0.05) is 58.0 Å².